The number of phenols is 3. The van der Waals surface area contributed by atoms with E-state index < -0.39 is 88.8 Å². The highest BCUT2D eigenvalue weighted by molar-refractivity contribution is 6.23. The van der Waals surface area contributed by atoms with Crippen LogP contribution in [0, 0.1) is 41.9 Å². The molecule has 11 atom stereocenters. The Bertz CT molecular complexity index is 2630. The Labute approximate surface area is 402 Å². The van der Waals surface area contributed by atoms with Crippen molar-refractivity contribution in [2.75, 3.05) is 25.5 Å². The summed E-state index contributed by atoms with van der Waals surface area (Å²) < 4.78 is 23.8. The normalized spacial score (nSPS) is 29.4. The van der Waals surface area contributed by atoms with E-state index in [0.717, 1.165) is 5.56 Å². The molecule has 1 fully saturated rings. The van der Waals surface area contributed by atoms with Gasteiger partial charge in [0, 0.05) is 80.8 Å². The number of aliphatic hydroxyl groups is 2. The van der Waals surface area contributed by atoms with E-state index in [-0.39, 0.29) is 56.6 Å². The molecule has 69 heavy (non-hydrogen) atoms. The number of carbonyl (C=O) groups excluding carboxylic acids is 3. The molecule has 370 valence electrons. The van der Waals surface area contributed by atoms with Crippen LogP contribution in [0.4, 0.5) is 5.69 Å². The number of esters is 1. The van der Waals surface area contributed by atoms with Crippen LogP contribution >= 0.6 is 0 Å². The van der Waals surface area contributed by atoms with Crippen LogP contribution in [0.3, 0.4) is 0 Å². The van der Waals surface area contributed by atoms with Crippen molar-refractivity contribution in [3.63, 3.8) is 0 Å². The van der Waals surface area contributed by atoms with Gasteiger partial charge in [-0.25, -0.2) is 0 Å². The smallest absolute Gasteiger partial charge is 0.312 e. The number of hydrazone groups is 1. The van der Waals surface area contributed by atoms with Crippen LogP contribution in [-0.4, -0.2) is 122 Å². The number of hydrogen-bond acceptors (Lipinski definition) is 16. The molecule has 4 heterocycles. The molecule has 0 aromatic heterocycles. The number of benzene rings is 3. The lowest BCUT2D eigenvalue weighted by Gasteiger charge is -2.43. The predicted molar refractivity (Wildman–Crippen MR) is 259 cm³/mol. The van der Waals surface area contributed by atoms with Crippen LogP contribution in [0.5, 0.6) is 23.0 Å². The minimum Gasteiger partial charge on any atom is -0.507 e. The van der Waals surface area contributed by atoms with Gasteiger partial charge in [-0.05, 0) is 45.4 Å². The van der Waals surface area contributed by atoms with E-state index in [1.165, 1.54) is 59.4 Å². The number of Topliss-reactive ketones (excluding diaryl/α,β-unsaturated/α-hetero) is 1. The summed E-state index contributed by atoms with van der Waals surface area (Å²) in [5.41, 5.74) is 0.978. The number of aromatic hydroxyl groups is 3. The number of piperazine rings is 1. The largest absolute Gasteiger partial charge is 0.507 e. The molecule has 4 aliphatic heterocycles. The first-order chi connectivity index (χ1) is 32.6. The Hall–Kier alpha value is -6.45. The molecule has 17 nitrogen and oxygen atoms in total. The van der Waals surface area contributed by atoms with Gasteiger partial charge in [0.1, 0.15) is 23.4 Å². The van der Waals surface area contributed by atoms with Crippen molar-refractivity contribution >= 4 is 40.3 Å². The number of carbonyl (C=O) groups is 3. The van der Waals surface area contributed by atoms with E-state index in [1.54, 1.807) is 45.9 Å². The molecule has 0 radical (unpaired) electrons. The van der Waals surface area contributed by atoms with Crippen molar-refractivity contribution in [3.8, 4) is 29.1 Å². The minimum atomic E-state index is -2.09. The molecule has 3 aromatic carbocycles. The molecule has 3 aromatic rings. The zero-order valence-corrected chi connectivity index (χ0v) is 41.1. The lowest BCUT2D eigenvalue weighted by atomic mass is 9.78. The van der Waals surface area contributed by atoms with E-state index in [4.69, 9.17) is 24.0 Å². The topological polar surface area (TPSA) is 244 Å². The Morgan fingerprint density at radius 3 is 2.26 bits per heavy atom. The van der Waals surface area contributed by atoms with Crippen LogP contribution < -0.4 is 10.1 Å². The average molecular weight is 952 g/mol. The number of methoxy groups -OCH3 is 1. The van der Waals surface area contributed by atoms with Crippen molar-refractivity contribution in [2.24, 2.45) is 28.8 Å². The van der Waals surface area contributed by atoms with Gasteiger partial charge in [0.05, 0.1) is 76.7 Å². The second-order valence-corrected chi connectivity index (χ2v) is 18.9. The van der Waals surface area contributed by atoms with Crippen molar-refractivity contribution < 1.29 is 58.9 Å². The third-order valence-electron chi connectivity index (χ3n) is 13.8. The number of aliphatic hydroxyl groups excluding tert-OH is 2. The molecule has 7 rings (SSSR count). The van der Waals surface area contributed by atoms with Crippen LogP contribution in [-0.2, 0) is 30.3 Å². The summed E-state index contributed by atoms with van der Waals surface area (Å²) in [5, 5.41) is 77.8. The van der Waals surface area contributed by atoms with Crippen molar-refractivity contribution in [3.05, 3.63) is 88.2 Å². The molecular weight excluding hydrogens is 887 g/mol. The fourth-order valence-electron chi connectivity index (χ4n) is 9.79. The summed E-state index contributed by atoms with van der Waals surface area (Å²) in [4.78, 5) is 43.3. The summed E-state index contributed by atoms with van der Waals surface area (Å²) in [6, 6.07) is 9.29. The first-order valence-corrected chi connectivity index (χ1v) is 23.2. The second kappa shape index (κ2) is 21.0. The van der Waals surface area contributed by atoms with Gasteiger partial charge in [-0.1, -0.05) is 64.1 Å². The Kier molecular flexibility index (Phi) is 15.8. The first kappa shape index (κ1) is 51.9. The number of anilines is 1. The number of nitriles is 1. The maximum Gasteiger partial charge on any atom is 0.312 e. The van der Waals surface area contributed by atoms with Gasteiger partial charge in [-0.3, -0.25) is 24.3 Å². The Morgan fingerprint density at radius 2 is 1.62 bits per heavy atom. The summed E-state index contributed by atoms with van der Waals surface area (Å²) in [6.07, 6.45) is 4.74. The number of phenolic OH excluding ortho intramolecular Hbond substituents is 3. The fraction of sp³-hybridized carbons (Fsp3) is 0.481. The van der Waals surface area contributed by atoms with Gasteiger partial charge in [-0.15, -0.1) is 0 Å². The fourth-order valence-corrected chi connectivity index (χ4v) is 9.79. The number of allylic oxidation sites excluding steroid dienone is 2. The van der Waals surface area contributed by atoms with Crippen LogP contribution in [0.2, 0.25) is 0 Å². The molecule has 17 heteroatoms. The van der Waals surface area contributed by atoms with Crippen molar-refractivity contribution in [1.29, 1.82) is 5.26 Å². The molecule has 0 unspecified atom stereocenters. The zero-order chi connectivity index (χ0) is 50.8. The molecule has 6 N–H and O–H groups in total. The van der Waals surface area contributed by atoms with Crippen molar-refractivity contribution in [2.45, 2.75) is 118 Å². The van der Waals surface area contributed by atoms with Crippen LogP contribution in [0.1, 0.15) is 94.9 Å². The number of ketones is 1. The van der Waals surface area contributed by atoms with E-state index in [2.05, 4.69) is 16.3 Å². The molecule has 0 saturated carbocycles. The van der Waals surface area contributed by atoms with Gasteiger partial charge in [-0.2, -0.15) is 10.4 Å². The monoisotopic (exact) mass is 951 g/mol. The third kappa shape index (κ3) is 10.3. The molecule has 0 spiro atoms. The molecule has 1 saturated heterocycles. The third-order valence-corrected chi connectivity index (χ3v) is 13.8. The number of nitrogens with one attached hydrogen (secondary N) is 1. The average Bonchev–Trinajstić information content (AvgIpc) is 3.57. The first-order valence-electron chi connectivity index (χ1n) is 23.2. The van der Waals surface area contributed by atoms with Crippen LogP contribution in [0.15, 0.2) is 65.5 Å². The number of amides is 1. The Morgan fingerprint density at radius 1 is 0.957 bits per heavy atom. The SMILES string of the molecule is CO[C@@H]1C=CO[C@@]2(C)Oc3c(C)c(O)c4c(O)c(c(C=NN5[C@H](C)CN(Cc6ccccc6C#N)C[C@@H]5C)c(O)c4c3C2=O)NC(=O)C(C)=CC=C[C@H](C)[C@H](O)[C@H](C)[C@H](O)[C@H](C)[C@H](OC(C)=O)[C@H]1C. The Balaban J connectivity index is 1.48. The van der Waals surface area contributed by atoms with E-state index in [1.807, 2.05) is 37.1 Å². The second-order valence-electron chi connectivity index (χ2n) is 18.9. The van der Waals surface area contributed by atoms with Crippen molar-refractivity contribution in [1.82, 2.24) is 9.91 Å². The number of hydrogen-bond donors (Lipinski definition) is 6. The highest BCUT2D eigenvalue weighted by Gasteiger charge is 2.50. The molecular formula is C52H65N5O12. The van der Waals surface area contributed by atoms with E-state index in [9.17, 15) is 45.2 Å². The summed E-state index contributed by atoms with van der Waals surface area (Å²) in [5.74, 6) is -8.67. The lowest BCUT2D eigenvalue weighted by molar-refractivity contribution is -0.160. The summed E-state index contributed by atoms with van der Waals surface area (Å²) in [7, 11) is 1.43. The van der Waals surface area contributed by atoms with Gasteiger partial charge in [0.25, 0.3) is 11.7 Å². The maximum atomic E-state index is 14.7. The van der Waals surface area contributed by atoms with Gasteiger partial charge in [0.2, 0.25) is 0 Å². The van der Waals surface area contributed by atoms with E-state index in [0.29, 0.717) is 25.2 Å². The minimum absolute atomic E-state index is 0.0332. The standard InChI is InChI=1S/C52H65N5O12/c1-26-15-14-16-27(2)51(65)55-42-37(22-54-57-28(3)23-56(24-29(57)4)25-36-18-13-12-17-35(36)21-53)46(62)39-40(47(42)63)45(61)33(8)49-41(39)50(64)52(10,69-49)67-20-19-38(66-11)30(5)48(68-34(9)58)32(7)44(60)31(6)43(26)59/h12-20,22,26,28-32,38,43-44,48,59-63H,23-25H2,1-11H3,(H,55,65)/t26-,28-,29+,30-,31-,32-,38+,43-,44-,48+,52-/m0/s1. The zero-order valence-electron chi connectivity index (χ0n) is 41.1. The van der Waals surface area contributed by atoms with Gasteiger partial charge >= 0.3 is 11.8 Å². The van der Waals surface area contributed by atoms with Gasteiger partial charge in [0.15, 0.2) is 5.75 Å². The molecule has 5 bridgehead atoms. The molecule has 0 aliphatic carbocycles. The number of nitrogens with zero attached hydrogens (tertiary/aromatic N) is 4. The maximum absolute atomic E-state index is 14.7. The summed E-state index contributed by atoms with van der Waals surface area (Å²) in [6.45, 7) is 18.1. The summed E-state index contributed by atoms with van der Waals surface area (Å²) >= 11 is 0. The predicted octanol–water partition coefficient (Wildman–Crippen LogP) is 6.55. The number of fused-ring (bicyclic) bond motifs is 14. The quantitative estimate of drug-likeness (QED) is 0.0664. The molecule has 1 amide bonds. The highest BCUT2D eigenvalue weighted by Crippen LogP contribution is 2.55. The van der Waals surface area contributed by atoms with Crippen LogP contribution in [0.25, 0.3) is 10.8 Å². The highest BCUT2D eigenvalue weighted by atomic mass is 16.7. The van der Waals surface area contributed by atoms with Gasteiger partial charge < -0.3 is 49.8 Å². The number of rotatable bonds is 6. The van der Waals surface area contributed by atoms with E-state index >= 15 is 0 Å². The lowest BCUT2D eigenvalue weighted by Crippen LogP contribution is -2.54. The number of ether oxygens (including phenoxy) is 4. The molecule has 4 aliphatic rings.